The van der Waals surface area contributed by atoms with E-state index in [2.05, 4.69) is 15.6 Å². The third-order valence-electron chi connectivity index (χ3n) is 5.36. The quantitative estimate of drug-likeness (QED) is 0.707. The standard InChI is InChI=1S/C21H28FN5O3S/c1-4-31(29,30)27-11-10-26(16(3)13-27)14-17-6-5-7-19(20(17)22)25-21(28)24-18-9-8-15(2)23-12-18/h5-9,12,16H,4,10-11,13-14H2,1-3H3,(H2,24,25,28). The summed E-state index contributed by atoms with van der Waals surface area (Å²) in [6.07, 6.45) is 1.53. The molecule has 2 heterocycles. The van der Waals surface area contributed by atoms with E-state index in [4.69, 9.17) is 0 Å². The van der Waals surface area contributed by atoms with Crippen LogP contribution in [0.4, 0.5) is 20.6 Å². The molecule has 0 spiro atoms. The molecule has 2 aromatic rings. The topological polar surface area (TPSA) is 94.6 Å². The number of hydrogen-bond acceptors (Lipinski definition) is 5. The van der Waals surface area contributed by atoms with Crippen LogP contribution in [0.15, 0.2) is 36.5 Å². The lowest BCUT2D eigenvalue weighted by atomic mass is 10.1. The zero-order chi connectivity index (χ0) is 22.6. The molecule has 31 heavy (non-hydrogen) atoms. The van der Waals surface area contributed by atoms with Gasteiger partial charge >= 0.3 is 6.03 Å². The lowest BCUT2D eigenvalue weighted by Crippen LogP contribution is -2.53. The van der Waals surface area contributed by atoms with E-state index in [1.165, 1.54) is 16.6 Å². The van der Waals surface area contributed by atoms with E-state index in [0.717, 1.165) is 5.69 Å². The van der Waals surface area contributed by atoms with Crippen LogP contribution in [-0.2, 0) is 16.6 Å². The van der Waals surface area contributed by atoms with E-state index in [0.29, 0.717) is 37.4 Å². The SMILES string of the molecule is CCS(=O)(=O)N1CCN(Cc2cccc(NC(=O)Nc3ccc(C)nc3)c2F)C(C)C1. The van der Waals surface area contributed by atoms with E-state index in [1.54, 1.807) is 31.2 Å². The van der Waals surface area contributed by atoms with Crippen molar-refractivity contribution in [2.24, 2.45) is 0 Å². The van der Waals surface area contributed by atoms with Crippen LogP contribution < -0.4 is 10.6 Å². The minimum Gasteiger partial charge on any atom is -0.306 e. The molecular weight excluding hydrogens is 421 g/mol. The number of nitrogens with zero attached hydrogens (tertiary/aromatic N) is 3. The van der Waals surface area contributed by atoms with Gasteiger partial charge in [0.2, 0.25) is 10.0 Å². The molecule has 8 nitrogen and oxygen atoms in total. The van der Waals surface area contributed by atoms with Gasteiger partial charge in [-0.15, -0.1) is 0 Å². The Kier molecular flexibility index (Phi) is 7.24. The highest BCUT2D eigenvalue weighted by atomic mass is 32.2. The fourth-order valence-corrected chi connectivity index (χ4v) is 4.64. The van der Waals surface area contributed by atoms with E-state index in [9.17, 15) is 13.2 Å². The molecule has 0 aliphatic carbocycles. The van der Waals surface area contributed by atoms with Gasteiger partial charge in [-0.3, -0.25) is 9.88 Å². The van der Waals surface area contributed by atoms with E-state index >= 15 is 4.39 Å². The fraction of sp³-hybridized carbons (Fsp3) is 0.429. The Morgan fingerprint density at radius 3 is 2.65 bits per heavy atom. The monoisotopic (exact) mass is 449 g/mol. The summed E-state index contributed by atoms with van der Waals surface area (Å²) in [6.45, 7) is 7.00. The summed E-state index contributed by atoms with van der Waals surface area (Å²) < 4.78 is 40.8. The van der Waals surface area contributed by atoms with Crippen molar-refractivity contribution >= 4 is 27.4 Å². The van der Waals surface area contributed by atoms with Crippen molar-refractivity contribution in [3.8, 4) is 0 Å². The Labute approximate surface area is 182 Å². The van der Waals surface area contributed by atoms with Gasteiger partial charge in [-0.25, -0.2) is 17.6 Å². The highest BCUT2D eigenvalue weighted by Crippen LogP contribution is 2.22. The Bertz CT molecular complexity index is 1030. The maximum atomic E-state index is 15.0. The molecule has 2 amide bonds. The van der Waals surface area contributed by atoms with Gasteiger partial charge in [0.25, 0.3) is 0 Å². The van der Waals surface area contributed by atoms with Gasteiger partial charge in [-0.05, 0) is 39.0 Å². The second-order valence-electron chi connectivity index (χ2n) is 7.62. The molecule has 1 unspecified atom stereocenters. The molecule has 10 heteroatoms. The second-order valence-corrected chi connectivity index (χ2v) is 9.88. The Morgan fingerprint density at radius 2 is 2.00 bits per heavy atom. The van der Waals surface area contributed by atoms with Crippen LogP contribution in [0.25, 0.3) is 0 Å². The van der Waals surface area contributed by atoms with E-state index in [1.807, 2.05) is 18.7 Å². The number of pyridine rings is 1. The average molecular weight is 450 g/mol. The third kappa shape index (κ3) is 5.78. The Morgan fingerprint density at radius 1 is 1.23 bits per heavy atom. The summed E-state index contributed by atoms with van der Waals surface area (Å²) in [5, 5.41) is 5.16. The summed E-state index contributed by atoms with van der Waals surface area (Å²) in [4.78, 5) is 18.4. The number of benzene rings is 1. The van der Waals surface area contributed by atoms with Gasteiger partial charge < -0.3 is 10.6 Å². The fourth-order valence-electron chi connectivity index (χ4n) is 3.48. The number of aromatic nitrogens is 1. The number of hydrogen-bond donors (Lipinski definition) is 2. The van der Waals surface area contributed by atoms with Crippen molar-refractivity contribution in [3.05, 3.63) is 53.6 Å². The number of carbonyl (C=O) groups excluding carboxylic acids is 1. The minimum absolute atomic E-state index is 0.0524. The molecule has 0 radical (unpaired) electrons. The van der Waals surface area contributed by atoms with Crippen molar-refractivity contribution in [1.82, 2.24) is 14.2 Å². The Balaban J connectivity index is 1.64. The lowest BCUT2D eigenvalue weighted by molar-refractivity contribution is 0.121. The number of halogens is 1. The van der Waals surface area contributed by atoms with Gasteiger partial charge in [0.05, 0.1) is 23.3 Å². The van der Waals surface area contributed by atoms with Gasteiger partial charge in [0.15, 0.2) is 5.82 Å². The molecule has 0 bridgehead atoms. The number of nitrogens with one attached hydrogen (secondary N) is 2. The molecule has 0 saturated carbocycles. The van der Waals surface area contributed by atoms with Crippen LogP contribution in [0.1, 0.15) is 25.1 Å². The molecule has 1 aromatic carbocycles. The first-order valence-electron chi connectivity index (χ1n) is 10.2. The van der Waals surface area contributed by atoms with Crippen LogP contribution in [0.2, 0.25) is 0 Å². The van der Waals surface area contributed by atoms with Crippen molar-refractivity contribution in [2.45, 2.75) is 33.4 Å². The van der Waals surface area contributed by atoms with Gasteiger partial charge in [0, 0.05) is 43.5 Å². The highest BCUT2D eigenvalue weighted by Gasteiger charge is 2.30. The zero-order valence-corrected chi connectivity index (χ0v) is 18.7. The van der Waals surface area contributed by atoms with E-state index in [-0.39, 0.29) is 17.5 Å². The molecule has 1 saturated heterocycles. The van der Waals surface area contributed by atoms with Crippen LogP contribution in [0, 0.1) is 12.7 Å². The Hall–Kier alpha value is -2.56. The summed E-state index contributed by atoms with van der Waals surface area (Å²) in [5.41, 5.74) is 1.85. The average Bonchev–Trinajstić information content (AvgIpc) is 2.74. The number of aryl methyl sites for hydroxylation is 1. The number of carbonyl (C=O) groups is 1. The summed E-state index contributed by atoms with van der Waals surface area (Å²) in [6, 6.07) is 7.73. The molecule has 1 aliphatic heterocycles. The van der Waals surface area contributed by atoms with Crippen LogP contribution in [0.3, 0.4) is 0 Å². The summed E-state index contributed by atoms with van der Waals surface area (Å²) in [7, 11) is -3.23. The normalized spacial score (nSPS) is 18.0. The smallest absolute Gasteiger partial charge is 0.306 e. The van der Waals surface area contributed by atoms with Gasteiger partial charge in [0.1, 0.15) is 0 Å². The number of amides is 2. The molecule has 1 fully saturated rings. The number of urea groups is 1. The van der Waals surface area contributed by atoms with Crippen molar-refractivity contribution in [1.29, 1.82) is 0 Å². The maximum Gasteiger partial charge on any atom is 0.323 e. The number of sulfonamides is 1. The first-order valence-corrected chi connectivity index (χ1v) is 11.8. The van der Waals surface area contributed by atoms with Crippen molar-refractivity contribution < 1.29 is 17.6 Å². The third-order valence-corrected chi connectivity index (χ3v) is 7.20. The van der Waals surface area contributed by atoms with Crippen LogP contribution >= 0.6 is 0 Å². The molecule has 1 aliphatic rings. The maximum absolute atomic E-state index is 15.0. The van der Waals surface area contributed by atoms with Crippen molar-refractivity contribution in [2.75, 3.05) is 36.0 Å². The first-order chi connectivity index (χ1) is 14.7. The predicted octanol–water partition coefficient (Wildman–Crippen LogP) is 3.03. The molecular formula is C21H28FN5O3S. The number of rotatable bonds is 6. The molecule has 1 aromatic heterocycles. The number of piperazine rings is 1. The van der Waals surface area contributed by atoms with Crippen molar-refractivity contribution in [3.63, 3.8) is 0 Å². The lowest BCUT2D eigenvalue weighted by Gasteiger charge is -2.39. The van der Waals surface area contributed by atoms with Crippen LogP contribution in [0.5, 0.6) is 0 Å². The van der Waals surface area contributed by atoms with Gasteiger partial charge in [-0.1, -0.05) is 12.1 Å². The summed E-state index contributed by atoms with van der Waals surface area (Å²) in [5.74, 6) is -0.432. The predicted molar refractivity (Wildman–Crippen MR) is 119 cm³/mol. The summed E-state index contributed by atoms with van der Waals surface area (Å²) >= 11 is 0. The molecule has 168 valence electrons. The van der Waals surface area contributed by atoms with E-state index < -0.39 is 21.9 Å². The zero-order valence-electron chi connectivity index (χ0n) is 17.9. The van der Waals surface area contributed by atoms with Gasteiger partial charge in [-0.2, -0.15) is 4.31 Å². The second kappa shape index (κ2) is 9.71. The molecule has 3 rings (SSSR count). The largest absolute Gasteiger partial charge is 0.323 e. The number of anilines is 2. The molecule has 1 atom stereocenters. The minimum atomic E-state index is -3.23. The molecule has 2 N–H and O–H groups in total. The van der Waals surface area contributed by atoms with Crippen LogP contribution in [-0.4, -0.2) is 60.1 Å². The first kappa shape index (κ1) is 23.1. The highest BCUT2D eigenvalue weighted by molar-refractivity contribution is 7.89.